The fourth-order valence-electron chi connectivity index (χ4n) is 3.83. The summed E-state index contributed by atoms with van der Waals surface area (Å²) in [7, 11) is 0. The van der Waals surface area contributed by atoms with E-state index in [1.54, 1.807) is 43.3 Å². The molecule has 4 aromatic rings. The molecule has 1 atom stereocenters. The third-order valence-electron chi connectivity index (χ3n) is 5.83. The van der Waals surface area contributed by atoms with E-state index < -0.39 is 23.4 Å². The third kappa shape index (κ3) is 7.76. The SMILES string of the molecule is C[C@H](CN(Cc1ccc(-c2cccc(Cl)c2)cc1)NC(=O)c1cc(=O)[nH]o1)C(=O)OCC(=O)c1ccccc1. The highest BCUT2D eigenvalue weighted by Gasteiger charge is 2.23. The number of hydrazine groups is 1. The summed E-state index contributed by atoms with van der Waals surface area (Å²) in [5.41, 5.74) is 5.34. The molecule has 0 aliphatic rings. The van der Waals surface area contributed by atoms with Crippen LogP contribution >= 0.6 is 11.6 Å². The smallest absolute Gasteiger partial charge is 0.310 e. The average molecular weight is 548 g/mol. The van der Waals surface area contributed by atoms with E-state index in [0.717, 1.165) is 22.8 Å². The van der Waals surface area contributed by atoms with Crippen molar-refractivity contribution in [3.05, 3.63) is 117 Å². The molecule has 200 valence electrons. The molecule has 0 fully saturated rings. The van der Waals surface area contributed by atoms with Crippen LogP contribution in [-0.2, 0) is 16.1 Å². The standard InChI is InChI=1S/C29H26ClN3O6/c1-19(29(37)38-18-25(34)22-6-3-2-4-7-22)16-33(31-28(36)26-15-27(35)32-39-26)17-20-10-12-21(13-11-20)23-8-5-9-24(30)14-23/h2-15,19H,16-18H2,1H3,(H,31,36)(H,32,35)/t19-/m1/s1. The molecule has 0 radical (unpaired) electrons. The summed E-state index contributed by atoms with van der Waals surface area (Å²) in [5, 5.41) is 4.23. The van der Waals surface area contributed by atoms with Crippen molar-refractivity contribution in [2.75, 3.05) is 13.2 Å². The largest absolute Gasteiger partial charge is 0.457 e. The molecule has 0 bridgehead atoms. The van der Waals surface area contributed by atoms with Crippen LogP contribution in [0, 0.1) is 5.92 Å². The number of nitrogens with zero attached hydrogens (tertiary/aromatic N) is 1. The van der Waals surface area contributed by atoms with E-state index in [0.29, 0.717) is 10.6 Å². The molecule has 3 aromatic carbocycles. The van der Waals surface area contributed by atoms with Crippen molar-refractivity contribution >= 4 is 29.3 Å². The van der Waals surface area contributed by atoms with Gasteiger partial charge in [-0.15, -0.1) is 0 Å². The Kier molecular flexibility index (Phi) is 9.09. The molecule has 39 heavy (non-hydrogen) atoms. The minimum Gasteiger partial charge on any atom is -0.457 e. The Morgan fingerprint density at radius 1 is 0.974 bits per heavy atom. The summed E-state index contributed by atoms with van der Waals surface area (Å²) >= 11 is 6.11. The maximum Gasteiger partial charge on any atom is 0.310 e. The molecule has 0 saturated heterocycles. The Morgan fingerprint density at radius 2 is 1.72 bits per heavy atom. The minimum absolute atomic E-state index is 0.0643. The molecule has 1 heterocycles. The predicted molar refractivity (Wildman–Crippen MR) is 145 cm³/mol. The molecule has 0 unspecified atom stereocenters. The number of esters is 1. The van der Waals surface area contributed by atoms with Gasteiger partial charge in [-0.1, -0.05) is 85.3 Å². The summed E-state index contributed by atoms with van der Waals surface area (Å²) in [6.07, 6.45) is 0. The van der Waals surface area contributed by atoms with E-state index >= 15 is 0 Å². The third-order valence-corrected chi connectivity index (χ3v) is 6.07. The van der Waals surface area contributed by atoms with Gasteiger partial charge < -0.3 is 9.26 Å². The number of H-pyrrole nitrogens is 1. The Labute approximate surface area is 229 Å². The van der Waals surface area contributed by atoms with Gasteiger partial charge in [0.15, 0.2) is 12.4 Å². The van der Waals surface area contributed by atoms with Crippen LogP contribution in [0.15, 0.2) is 94.2 Å². The number of Topliss-reactive ketones (excluding diaryl/α,β-unsaturated/α-hetero) is 1. The first-order valence-corrected chi connectivity index (χ1v) is 12.5. The second-order valence-corrected chi connectivity index (χ2v) is 9.34. The monoisotopic (exact) mass is 547 g/mol. The van der Waals surface area contributed by atoms with E-state index in [1.165, 1.54) is 5.01 Å². The van der Waals surface area contributed by atoms with Gasteiger partial charge in [0.1, 0.15) is 0 Å². The van der Waals surface area contributed by atoms with E-state index in [4.69, 9.17) is 20.9 Å². The number of carbonyl (C=O) groups excluding carboxylic acids is 3. The van der Waals surface area contributed by atoms with Crippen molar-refractivity contribution in [3.8, 4) is 11.1 Å². The first-order chi connectivity index (χ1) is 18.8. The van der Waals surface area contributed by atoms with Crippen molar-refractivity contribution in [1.29, 1.82) is 0 Å². The first-order valence-electron chi connectivity index (χ1n) is 12.1. The molecule has 0 aliphatic carbocycles. The van der Waals surface area contributed by atoms with Crippen LogP contribution in [0.2, 0.25) is 5.02 Å². The Morgan fingerprint density at radius 3 is 2.38 bits per heavy atom. The van der Waals surface area contributed by atoms with E-state index in [2.05, 4.69) is 10.6 Å². The highest BCUT2D eigenvalue weighted by molar-refractivity contribution is 6.30. The van der Waals surface area contributed by atoms with Crippen molar-refractivity contribution in [3.63, 3.8) is 0 Å². The van der Waals surface area contributed by atoms with Gasteiger partial charge >= 0.3 is 11.9 Å². The lowest BCUT2D eigenvalue weighted by molar-refractivity contribution is -0.147. The van der Waals surface area contributed by atoms with Gasteiger partial charge in [0.2, 0.25) is 5.76 Å². The zero-order valence-electron chi connectivity index (χ0n) is 21.1. The number of benzene rings is 3. The van der Waals surface area contributed by atoms with Gasteiger partial charge in [-0.3, -0.25) is 24.6 Å². The molecule has 0 spiro atoms. The number of carbonyl (C=O) groups is 3. The van der Waals surface area contributed by atoms with Crippen LogP contribution in [-0.4, -0.2) is 41.0 Å². The van der Waals surface area contributed by atoms with E-state index in [-0.39, 0.29) is 31.2 Å². The summed E-state index contributed by atoms with van der Waals surface area (Å²) < 4.78 is 10.1. The Balaban J connectivity index is 1.43. The van der Waals surface area contributed by atoms with Gasteiger partial charge in [-0.05, 0) is 28.8 Å². The van der Waals surface area contributed by atoms with Crippen LogP contribution in [0.4, 0.5) is 0 Å². The van der Waals surface area contributed by atoms with E-state index in [9.17, 15) is 19.2 Å². The van der Waals surface area contributed by atoms with Crippen molar-refractivity contribution in [1.82, 2.24) is 15.6 Å². The average Bonchev–Trinajstić information content (AvgIpc) is 3.38. The molecular weight excluding hydrogens is 522 g/mol. The lowest BCUT2D eigenvalue weighted by Gasteiger charge is -2.25. The minimum atomic E-state index is -0.696. The van der Waals surface area contributed by atoms with E-state index in [1.807, 2.05) is 42.5 Å². The number of rotatable bonds is 11. The van der Waals surface area contributed by atoms with Gasteiger partial charge in [0.05, 0.1) is 12.0 Å². The van der Waals surface area contributed by atoms with Crippen LogP contribution in [0.1, 0.15) is 33.4 Å². The topological polar surface area (TPSA) is 122 Å². The van der Waals surface area contributed by atoms with Crippen LogP contribution in [0.3, 0.4) is 0 Å². The molecule has 10 heteroatoms. The molecule has 4 rings (SSSR count). The number of hydrogen-bond acceptors (Lipinski definition) is 7. The number of amides is 1. The number of aromatic nitrogens is 1. The van der Waals surface area contributed by atoms with Crippen molar-refractivity contribution < 1.29 is 23.6 Å². The lowest BCUT2D eigenvalue weighted by Crippen LogP contribution is -2.45. The number of ketones is 1. The molecule has 0 aliphatic heterocycles. The van der Waals surface area contributed by atoms with Crippen LogP contribution < -0.4 is 11.0 Å². The zero-order chi connectivity index (χ0) is 27.8. The number of aromatic amines is 1. The number of hydrogen-bond donors (Lipinski definition) is 2. The fraction of sp³-hybridized carbons (Fsp3) is 0.172. The van der Waals surface area contributed by atoms with Gasteiger partial charge in [-0.25, -0.2) is 5.01 Å². The normalized spacial score (nSPS) is 11.7. The van der Waals surface area contributed by atoms with Crippen LogP contribution in [0.5, 0.6) is 0 Å². The molecule has 0 saturated carbocycles. The predicted octanol–water partition coefficient (Wildman–Crippen LogP) is 4.50. The molecule has 2 N–H and O–H groups in total. The van der Waals surface area contributed by atoms with Gasteiger partial charge in [0.25, 0.3) is 5.56 Å². The fourth-order valence-corrected chi connectivity index (χ4v) is 4.02. The summed E-state index contributed by atoms with van der Waals surface area (Å²) in [6, 6.07) is 24.7. The maximum absolute atomic E-state index is 12.7. The summed E-state index contributed by atoms with van der Waals surface area (Å²) in [6.45, 7) is 1.54. The first kappa shape index (κ1) is 27.6. The number of halogens is 1. The summed E-state index contributed by atoms with van der Waals surface area (Å²) in [5.74, 6) is -2.47. The Hall–Kier alpha value is -4.47. The zero-order valence-corrected chi connectivity index (χ0v) is 21.8. The van der Waals surface area contributed by atoms with Gasteiger partial charge in [-0.2, -0.15) is 5.16 Å². The highest BCUT2D eigenvalue weighted by atomic mass is 35.5. The molecule has 9 nitrogen and oxygen atoms in total. The molecule has 1 aromatic heterocycles. The van der Waals surface area contributed by atoms with Crippen molar-refractivity contribution in [2.24, 2.45) is 5.92 Å². The second kappa shape index (κ2) is 12.9. The van der Waals surface area contributed by atoms with Crippen molar-refractivity contribution in [2.45, 2.75) is 13.5 Å². The number of nitrogens with one attached hydrogen (secondary N) is 2. The Bertz CT molecular complexity index is 1500. The lowest BCUT2D eigenvalue weighted by atomic mass is 10.0. The summed E-state index contributed by atoms with van der Waals surface area (Å²) in [4.78, 5) is 49.0. The second-order valence-electron chi connectivity index (χ2n) is 8.90. The van der Waals surface area contributed by atoms with Gasteiger partial charge in [0, 0.05) is 23.7 Å². The highest BCUT2D eigenvalue weighted by Crippen LogP contribution is 2.23. The quantitative estimate of drug-likeness (QED) is 0.161. The molecule has 1 amide bonds. The van der Waals surface area contributed by atoms with Crippen LogP contribution in [0.25, 0.3) is 11.1 Å². The number of ether oxygens (including phenoxy) is 1. The molecular formula is C29H26ClN3O6. The maximum atomic E-state index is 12.7.